The second-order valence-corrected chi connectivity index (χ2v) is 4.66. The number of nitrogens with two attached hydrogens (primary N) is 1. The van der Waals surface area contributed by atoms with Crippen LogP contribution in [0.5, 0.6) is 0 Å². The number of fused-ring (bicyclic) bond motifs is 1. The van der Waals surface area contributed by atoms with Crippen LogP contribution in [-0.4, -0.2) is 9.55 Å². The summed E-state index contributed by atoms with van der Waals surface area (Å²) in [4.78, 5) is 4.68. The van der Waals surface area contributed by atoms with Gasteiger partial charge in [-0.1, -0.05) is 43.3 Å². The standard InChI is InChI=1S/C17H17N3/c1-2-8-14(18)17-19-15-11-6-7-12-16(15)20(17)13-9-4-3-5-10-13/h3-12H,2,18H2,1H3/b14-8-. The summed E-state index contributed by atoms with van der Waals surface area (Å²) < 4.78 is 2.11. The molecule has 0 unspecified atom stereocenters. The third-order valence-corrected chi connectivity index (χ3v) is 3.26. The summed E-state index contributed by atoms with van der Waals surface area (Å²) in [6, 6.07) is 18.3. The molecule has 100 valence electrons. The zero-order valence-corrected chi connectivity index (χ0v) is 11.5. The van der Waals surface area contributed by atoms with Crippen LogP contribution in [0.25, 0.3) is 22.4 Å². The number of hydrogen-bond acceptors (Lipinski definition) is 2. The van der Waals surface area contributed by atoms with E-state index in [2.05, 4.69) is 34.7 Å². The molecular weight excluding hydrogens is 246 g/mol. The molecule has 0 radical (unpaired) electrons. The molecule has 1 aromatic heterocycles. The number of para-hydroxylation sites is 3. The molecule has 0 spiro atoms. The number of nitrogens with zero attached hydrogens (tertiary/aromatic N) is 2. The SMILES string of the molecule is CC/C=C(\N)c1nc2ccccc2n1-c1ccccc1. The van der Waals surface area contributed by atoms with Crippen molar-refractivity contribution in [1.82, 2.24) is 9.55 Å². The van der Waals surface area contributed by atoms with E-state index in [1.165, 1.54) is 0 Å². The number of hydrogen-bond donors (Lipinski definition) is 1. The van der Waals surface area contributed by atoms with Crippen molar-refractivity contribution in [3.8, 4) is 5.69 Å². The molecule has 0 aliphatic rings. The summed E-state index contributed by atoms with van der Waals surface area (Å²) in [5.41, 5.74) is 10.0. The van der Waals surface area contributed by atoms with Crippen molar-refractivity contribution < 1.29 is 0 Å². The highest BCUT2D eigenvalue weighted by Crippen LogP contribution is 2.24. The third-order valence-electron chi connectivity index (χ3n) is 3.26. The highest BCUT2D eigenvalue weighted by Gasteiger charge is 2.13. The molecule has 0 aliphatic heterocycles. The Balaban J connectivity index is 2.32. The van der Waals surface area contributed by atoms with Gasteiger partial charge in [0.25, 0.3) is 0 Å². The van der Waals surface area contributed by atoms with E-state index in [1.54, 1.807) is 0 Å². The second-order valence-electron chi connectivity index (χ2n) is 4.66. The monoisotopic (exact) mass is 263 g/mol. The van der Waals surface area contributed by atoms with Crippen LogP contribution in [0.4, 0.5) is 0 Å². The van der Waals surface area contributed by atoms with E-state index in [4.69, 9.17) is 5.73 Å². The molecule has 0 aliphatic carbocycles. The maximum Gasteiger partial charge on any atom is 0.161 e. The Morgan fingerprint density at radius 2 is 1.80 bits per heavy atom. The zero-order chi connectivity index (χ0) is 13.9. The largest absolute Gasteiger partial charge is 0.396 e. The van der Waals surface area contributed by atoms with Gasteiger partial charge in [0.1, 0.15) is 0 Å². The maximum absolute atomic E-state index is 6.19. The van der Waals surface area contributed by atoms with Crippen molar-refractivity contribution in [1.29, 1.82) is 0 Å². The van der Waals surface area contributed by atoms with E-state index in [-0.39, 0.29) is 0 Å². The van der Waals surface area contributed by atoms with Crippen LogP contribution in [0, 0.1) is 0 Å². The minimum atomic E-state index is 0.715. The molecule has 0 saturated carbocycles. The molecule has 0 atom stereocenters. The molecule has 2 aromatic carbocycles. The lowest BCUT2D eigenvalue weighted by molar-refractivity contribution is 1.04. The Bertz CT molecular complexity index is 754. The summed E-state index contributed by atoms with van der Waals surface area (Å²) in [5.74, 6) is 0.805. The van der Waals surface area contributed by atoms with Gasteiger partial charge in [0, 0.05) is 5.69 Å². The van der Waals surface area contributed by atoms with Crippen LogP contribution in [0.15, 0.2) is 60.7 Å². The number of rotatable bonds is 3. The van der Waals surface area contributed by atoms with Gasteiger partial charge in [-0.15, -0.1) is 0 Å². The lowest BCUT2D eigenvalue weighted by Gasteiger charge is -2.09. The molecule has 0 bridgehead atoms. The number of benzene rings is 2. The molecule has 3 rings (SSSR count). The molecule has 0 amide bonds. The molecule has 0 fully saturated rings. The van der Waals surface area contributed by atoms with Gasteiger partial charge >= 0.3 is 0 Å². The Morgan fingerprint density at radius 1 is 1.10 bits per heavy atom. The fraction of sp³-hybridized carbons (Fsp3) is 0.118. The van der Waals surface area contributed by atoms with Crippen molar-refractivity contribution >= 4 is 16.7 Å². The third kappa shape index (κ3) is 2.07. The molecule has 3 heteroatoms. The Hall–Kier alpha value is -2.55. The normalized spacial score (nSPS) is 11.9. The van der Waals surface area contributed by atoms with Crippen molar-refractivity contribution in [3.63, 3.8) is 0 Å². The maximum atomic E-state index is 6.19. The number of allylic oxidation sites excluding steroid dienone is 1. The van der Waals surface area contributed by atoms with Gasteiger partial charge in [-0.2, -0.15) is 0 Å². The predicted octanol–water partition coefficient (Wildman–Crippen LogP) is 3.74. The van der Waals surface area contributed by atoms with Crippen molar-refractivity contribution in [2.45, 2.75) is 13.3 Å². The van der Waals surface area contributed by atoms with Gasteiger partial charge in [0.15, 0.2) is 5.82 Å². The van der Waals surface area contributed by atoms with E-state index in [1.807, 2.05) is 42.5 Å². The fourth-order valence-corrected chi connectivity index (χ4v) is 2.37. The summed E-state index contributed by atoms with van der Waals surface area (Å²) in [6.45, 7) is 2.07. The van der Waals surface area contributed by atoms with Crippen LogP contribution in [0.3, 0.4) is 0 Å². The topological polar surface area (TPSA) is 43.8 Å². The van der Waals surface area contributed by atoms with E-state index in [0.29, 0.717) is 5.70 Å². The molecule has 2 N–H and O–H groups in total. The minimum Gasteiger partial charge on any atom is -0.396 e. The van der Waals surface area contributed by atoms with E-state index in [9.17, 15) is 0 Å². The highest BCUT2D eigenvalue weighted by molar-refractivity contribution is 5.81. The second kappa shape index (κ2) is 5.21. The first-order valence-corrected chi connectivity index (χ1v) is 6.80. The number of imidazole rings is 1. The molecule has 1 heterocycles. The lowest BCUT2D eigenvalue weighted by atomic mass is 10.2. The van der Waals surface area contributed by atoms with Gasteiger partial charge in [0.05, 0.1) is 16.7 Å². The molecular formula is C17H17N3. The van der Waals surface area contributed by atoms with Gasteiger partial charge in [-0.25, -0.2) is 4.98 Å². The summed E-state index contributed by atoms with van der Waals surface area (Å²) in [5, 5.41) is 0. The van der Waals surface area contributed by atoms with Gasteiger partial charge < -0.3 is 5.73 Å². The molecule has 3 aromatic rings. The average molecular weight is 263 g/mol. The Kier molecular flexibility index (Phi) is 3.25. The van der Waals surface area contributed by atoms with Crippen LogP contribution < -0.4 is 5.73 Å². The van der Waals surface area contributed by atoms with Crippen molar-refractivity contribution in [2.24, 2.45) is 5.73 Å². The van der Waals surface area contributed by atoms with Crippen LogP contribution >= 0.6 is 0 Å². The molecule has 0 saturated heterocycles. The number of aromatic nitrogens is 2. The summed E-state index contributed by atoms with van der Waals surface area (Å²) in [6.07, 6.45) is 2.89. The van der Waals surface area contributed by atoms with Crippen LogP contribution in [0.1, 0.15) is 19.2 Å². The molecule has 20 heavy (non-hydrogen) atoms. The minimum absolute atomic E-state index is 0.715. The van der Waals surface area contributed by atoms with Gasteiger partial charge in [-0.3, -0.25) is 4.57 Å². The lowest BCUT2D eigenvalue weighted by Crippen LogP contribution is -2.06. The summed E-state index contributed by atoms with van der Waals surface area (Å²) >= 11 is 0. The van der Waals surface area contributed by atoms with Crippen LogP contribution in [0.2, 0.25) is 0 Å². The van der Waals surface area contributed by atoms with Crippen molar-refractivity contribution in [3.05, 3.63) is 66.5 Å². The van der Waals surface area contributed by atoms with E-state index in [0.717, 1.165) is 29.0 Å². The zero-order valence-electron chi connectivity index (χ0n) is 11.5. The molecule has 3 nitrogen and oxygen atoms in total. The summed E-state index contributed by atoms with van der Waals surface area (Å²) in [7, 11) is 0. The average Bonchev–Trinajstić information content (AvgIpc) is 2.88. The first kappa shape index (κ1) is 12.5. The smallest absolute Gasteiger partial charge is 0.161 e. The predicted molar refractivity (Wildman–Crippen MR) is 83.5 cm³/mol. The van der Waals surface area contributed by atoms with E-state index < -0.39 is 0 Å². The van der Waals surface area contributed by atoms with E-state index >= 15 is 0 Å². The fourth-order valence-electron chi connectivity index (χ4n) is 2.37. The van der Waals surface area contributed by atoms with Crippen molar-refractivity contribution in [2.75, 3.05) is 0 Å². The highest BCUT2D eigenvalue weighted by atomic mass is 15.1. The van der Waals surface area contributed by atoms with Gasteiger partial charge in [-0.05, 0) is 30.7 Å². The quantitative estimate of drug-likeness (QED) is 0.782. The Labute approximate surface area is 118 Å². The van der Waals surface area contributed by atoms with Crippen LogP contribution in [-0.2, 0) is 0 Å². The Morgan fingerprint density at radius 3 is 2.55 bits per heavy atom. The first-order chi connectivity index (χ1) is 9.81. The van der Waals surface area contributed by atoms with Gasteiger partial charge in [0.2, 0.25) is 0 Å². The first-order valence-electron chi connectivity index (χ1n) is 6.80.